The van der Waals surface area contributed by atoms with Gasteiger partial charge >= 0.3 is 0 Å². The van der Waals surface area contributed by atoms with Gasteiger partial charge in [-0.2, -0.15) is 0 Å². The Balaban J connectivity index is 2.22. The molecule has 0 unspecified atom stereocenters. The summed E-state index contributed by atoms with van der Waals surface area (Å²) in [6.45, 7) is 0.160. The Morgan fingerprint density at radius 3 is 2.65 bits per heavy atom. The monoisotopic (exact) mass is 423 g/mol. The van der Waals surface area contributed by atoms with Crippen LogP contribution < -0.4 is 5.73 Å². The second-order valence-corrected chi connectivity index (χ2v) is 7.92. The number of hydrogen-bond acceptors (Lipinski definition) is 4. The molecule has 5 nitrogen and oxygen atoms in total. The first-order valence-electron chi connectivity index (χ1n) is 6.25. The van der Waals surface area contributed by atoms with Crippen molar-refractivity contribution in [3.63, 3.8) is 0 Å². The van der Waals surface area contributed by atoms with E-state index in [9.17, 15) is 4.79 Å². The lowest BCUT2D eigenvalue weighted by molar-refractivity contribution is 0.0717. The Bertz CT molecular complexity index is 507. The fraction of sp³-hybridized carbons (Fsp3) is 0.500. The van der Waals surface area contributed by atoms with Crippen LogP contribution in [0, 0.1) is 0 Å². The molecule has 0 saturated heterocycles. The summed E-state index contributed by atoms with van der Waals surface area (Å²) in [6.07, 6.45) is 4.17. The lowest BCUT2D eigenvalue weighted by atomic mass is 10.2. The summed E-state index contributed by atoms with van der Waals surface area (Å²) in [5, 5.41) is 11.7. The second kappa shape index (κ2) is 6.91. The van der Waals surface area contributed by atoms with E-state index in [1.54, 1.807) is 11.0 Å². The number of halogens is 2. The Labute approximate surface area is 138 Å². The number of thiophene rings is 1. The smallest absolute Gasteiger partial charge is 0.264 e. The largest absolute Gasteiger partial charge is 0.409 e. The maximum absolute atomic E-state index is 12.7. The highest BCUT2D eigenvalue weighted by Gasteiger charge is 2.29. The molecule has 110 valence electrons. The molecule has 1 fully saturated rings. The molecule has 0 spiro atoms. The van der Waals surface area contributed by atoms with Gasteiger partial charge < -0.3 is 15.8 Å². The van der Waals surface area contributed by atoms with E-state index in [0.717, 1.165) is 33.9 Å². The van der Waals surface area contributed by atoms with Crippen molar-refractivity contribution in [3.05, 3.63) is 19.2 Å². The number of carbonyl (C=O) groups excluding carboxylic acids is 1. The molecule has 0 aromatic carbocycles. The van der Waals surface area contributed by atoms with E-state index in [1.807, 2.05) is 0 Å². The zero-order valence-electron chi connectivity index (χ0n) is 10.7. The van der Waals surface area contributed by atoms with Gasteiger partial charge in [-0.05, 0) is 50.8 Å². The van der Waals surface area contributed by atoms with Crippen LogP contribution in [-0.4, -0.2) is 34.4 Å². The summed E-state index contributed by atoms with van der Waals surface area (Å²) < 4.78 is 1.75. The maximum atomic E-state index is 12.7. The van der Waals surface area contributed by atoms with Crippen molar-refractivity contribution in [2.75, 3.05) is 6.54 Å². The third kappa shape index (κ3) is 3.53. The summed E-state index contributed by atoms with van der Waals surface area (Å²) in [6, 6.07) is 1.97. The highest BCUT2D eigenvalue weighted by molar-refractivity contribution is 9.13. The summed E-state index contributed by atoms with van der Waals surface area (Å²) in [4.78, 5) is 15.0. The Kier molecular flexibility index (Phi) is 5.45. The number of nitrogens with two attached hydrogens (primary N) is 1. The summed E-state index contributed by atoms with van der Waals surface area (Å²) in [5.41, 5.74) is 5.58. The first-order chi connectivity index (χ1) is 9.52. The van der Waals surface area contributed by atoms with Gasteiger partial charge in [0, 0.05) is 10.5 Å². The van der Waals surface area contributed by atoms with Gasteiger partial charge in [0.05, 0.1) is 15.2 Å². The number of oxime groups is 1. The minimum atomic E-state index is -0.0695. The molecule has 1 aromatic heterocycles. The molecular formula is C12H15Br2N3O2S. The van der Waals surface area contributed by atoms with E-state index < -0.39 is 0 Å². The van der Waals surface area contributed by atoms with Crippen LogP contribution in [0.2, 0.25) is 0 Å². The standard InChI is InChI=1S/C12H15Br2N3O2S/c13-8-5-9(20-11(8)14)12(18)17(6-10(15)16-19)7-3-1-2-4-7/h5,7,19H,1-4,6H2,(H2,15,16). The van der Waals surface area contributed by atoms with Crippen molar-refractivity contribution in [2.45, 2.75) is 31.7 Å². The van der Waals surface area contributed by atoms with Crippen LogP contribution in [0.5, 0.6) is 0 Å². The quantitative estimate of drug-likeness (QED) is 0.336. The van der Waals surface area contributed by atoms with Crippen molar-refractivity contribution in [1.29, 1.82) is 0 Å². The third-order valence-corrected chi connectivity index (χ3v) is 6.59. The van der Waals surface area contributed by atoms with Crippen molar-refractivity contribution < 1.29 is 10.0 Å². The van der Waals surface area contributed by atoms with Crippen LogP contribution in [0.3, 0.4) is 0 Å². The number of rotatable bonds is 4. The van der Waals surface area contributed by atoms with Crippen molar-refractivity contribution in [1.82, 2.24) is 4.90 Å². The Hall–Kier alpha value is -0.600. The van der Waals surface area contributed by atoms with Crippen LogP contribution in [0.15, 0.2) is 19.5 Å². The average molecular weight is 425 g/mol. The van der Waals surface area contributed by atoms with Crippen LogP contribution in [0.4, 0.5) is 0 Å². The van der Waals surface area contributed by atoms with Gasteiger partial charge in [0.1, 0.15) is 0 Å². The molecule has 0 radical (unpaired) electrons. The highest BCUT2D eigenvalue weighted by Crippen LogP contribution is 2.34. The van der Waals surface area contributed by atoms with Gasteiger partial charge in [-0.1, -0.05) is 18.0 Å². The van der Waals surface area contributed by atoms with E-state index in [2.05, 4.69) is 37.0 Å². The molecule has 8 heteroatoms. The number of carbonyl (C=O) groups is 1. The molecule has 1 heterocycles. The van der Waals surface area contributed by atoms with Crippen molar-refractivity contribution >= 4 is 54.9 Å². The fourth-order valence-corrected chi connectivity index (χ4v) is 4.37. The molecule has 0 aliphatic heterocycles. The molecule has 20 heavy (non-hydrogen) atoms. The summed E-state index contributed by atoms with van der Waals surface area (Å²) in [5.74, 6) is -0.0140. The van der Waals surface area contributed by atoms with Gasteiger partial charge in [0.2, 0.25) is 0 Å². The van der Waals surface area contributed by atoms with Crippen LogP contribution in [-0.2, 0) is 0 Å². The molecule has 0 bridgehead atoms. The van der Waals surface area contributed by atoms with Gasteiger partial charge in [0.25, 0.3) is 5.91 Å². The molecule has 1 saturated carbocycles. The SMILES string of the molecule is NC(CN(C(=O)c1cc(Br)c(Br)s1)C1CCCC1)=NO. The topological polar surface area (TPSA) is 78.9 Å². The van der Waals surface area contributed by atoms with E-state index >= 15 is 0 Å². The summed E-state index contributed by atoms with van der Waals surface area (Å²) >= 11 is 8.16. The van der Waals surface area contributed by atoms with Gasteiger partial charge in [-0.25, -0.2) is 0 Å². The zero-order chi connectivity index (χ0) is 14.7. The molecule has 1 aliphatic rings. The van der Waals surface area contributed by atoms with E-state index in [1.165, 1.54) is 11.3 Å². The average Bonchev–Trinajstić information content (AvgIpc) is 3.06. The number of amides is 1. The number of hydrogen-bond donors (Lipinski definition) is 2. The molecule has 1 amide bonds. The van der Waals surface area contributed by atoms with E-state index in [-0.39, 0.29) is 24.3 Å². The van der Waals surface area contributed by atoms with E-state index in [0.29, 0.717) is 4.88 Å². The predicted octanol–water partition coefficient (Wildman–Crippen LogP) is 3.40. The minimum absolute atomic E-state index is 0.0555. The van der Waals surface area contributed by atoms with Crippen LogP contribution in [0.1, 0.15) is 35.4 Å². The second-order valence-electron chi connectivity index (χ2n) is 4.69. The number of nitrogens with zero attached hydrogens (tertiary/aromatic N) is 2. The first kappa shape index (κ1) is 15.8. The van der Waals surface area contributed by atoms with Gasteiger partial charge in [-0.3, -0.25) is 4.79 Å². The maximum Gasteiger partial charge on any atom is 0.264 e. The first-order valence-corrected chi connectivity index (χ1v) is 8.65. The molecular weight excluding hydrogens is 410 g/mol. The van der Waals surface area contributed by atoms with Gasteiger partial charge in [0.15, 0.2) is 5.84 Å². The Morgan fingerprint density at radius 1 is 1.50 bits per heavy atom. The number of amidine groups is 1. The van der Waals surface area contributed by atoms with Crippen LogP contribution in [0.25, 0.3) is 0 Å². The van der Waals surface area contributed by atoms with Crippen LogP contribution >= 0.6 is 43.2 Å². The normalized spacial score (nSPS) is 16.6. The molecule has 0 atom stereocenters. The lowest BCUT2D eigenvalue weighted by Gasteiger charge is -2.28. The van der Waals surface area contributed by atoms with E-state index in [4.69, 9.17) is 10.9 Å². The molecule has 1 aliphatic carbocycles. The third-order valence-electron chi connectivity index (χ3n) is 3.34. The summed E-state index contributed by atoms with van der Waals surface area (Å²) in [7, 11) is 0. The molecule has 3 N–H and O–H groups in total. The fourth-order valence-electron chi connectivity index (χ4n) is 2.38. The lowest BCUT2D eigenvalue weighted by Crippen LogP contribution is -2.44. The van der Waals surface area contributed by atoms with Gasteiger partial charge in [-0.15, -0.1) is 11.3 Å². The van der Waals surface area contributed by atoms with Crippen molar-refractivity contribution in [2.24, 2.45) is 10.9 Å². The highest BCUT2D eigenvalue weighted by atomic mass is 79.9. The predicted molar refractivity (Wildman–Crippen MR) is 86.4 cm³/mol. The Morgan fingerprint density at radius 2 is 2.15 bits per heavy atom. The molecule has 1 aromatic rings. The zero-order valence-corrected chi connectivity index (χ0v) is 14.7. The van der Waals surface area contributed by atoms with Crippen molar-refractivity contribution in [3.8, 4) is 0 Å². The molecule has 2 rings (SSSR count). The minimum Gasteiger partial charge on any atom is -0.409 e.